The van der Waals surface area contributed by atoms with Gasteiger partial charge in [-0.05, 0) is 39.1 Å². The van der Waals surface area contributed by atoms with Gasteiger partial charge >= 0.3 is 6.09 Å². The summed E-state index contributed by atoms with van der Waals surface area (Å²) in [6, 6.07) is 9.79. The zero-order valence-electron chi connectivity index (χ0n) is 11.0. The van der Waals surface area contributed by atoms with Crippen molar-refractivity contribution in [3.63, 3.8) is 0 Å². The topological polar surface area (TPSA) is 32.8 Å². The van der Waals surface area contributed by atoms with Crippen molar-refractivity contribution in [1.29, 1.82) is 0 Å². The molecule has 0 aromatic heterocycles. The predicted octanol–water partition coefficient (Wildman–Crippen LogP) is 2.21. The van der Waals surface area contributed by atoms with Crippen molar-refractivity contribution in [2.24, 2.45) is 0 Å². The highest BCUT2D eigenvalue weighted by molar-refractivity contribution is 5.70. The molecule has 0 saturated carbocycles. The summed E-state index contributed by atoms with van der Waals surface area (Å²) in [5.74, 6) is 0.609. The first-order valence-corrected chi connectivity index (χ1v) is 6.35. The molecule has 1 fully saturated rings. The number of benzene rings is 1. The zero-order valence-corrected chi connectivity index (χ0v) is 11.0. The number of piperidine rings is 1. The van der Waals surface area contributed by atoms with Crippen LogP contribution >= 0.6 is 0 Å². The molecular formula is C14H20N2O2. The maximum Gasteiger partial charge on any atom is 0.415 e. The second-order valence-electron chi connectivity index (χ2n) is 4.86. The van der Waals surface area contributed by atoms with E-state index in [1.807, 2.05) is 18.2 Å². The minimum Gasteiger partial charge on any atom is -0.410 e. The van der Waals surface area contributed by atoms with Crippen molar-refractivity contribution in [3.05, 3.63) is 30.3 Å². The van der Waals surface area contributed by atoms with E-state index in [1.165, 1.54) is 0 Å². The summed E-state index contributed by atoms with van der Waals surface area (Å²) in [4.78, 5) is 15.9. The third kappa shape index (κ3) is 3.23. The van der Waals surface area contributed by atoms with Crippen LogP contribution in [0.25, 0.3) is 0 Å². The van der Waals surface area contributed by atoms with Crippen LogP contribution in [0.2, 0.25) is 0 Å². The number of carbonyl (C=O) groups excluding carboxylic acids is 1. The highest BCUT2D eigenvalue weighted by atomic mass is 16.6. The van der Waals surface area contributed by atoms with Gasteiger partial charge in [0.15, 0.2) is 0 Å². The molecule has 0 radical (unpaired) electrons. The Hall–Kier alpha value is -1.55. The number of ether oxygens (including phenoxy) is 1. The van der Waals surface area contributed by atoms with Crippen LogP contribution in [0.1, 0.15) is 12.8 Å². The normalized spacial score (nSPS) is 16.9. The molecule has 98 valence electrons. The van der Waals surface area contributed by atoms with Gasteiger partial charge in [0.1, 0.15) is 5.75 Å². The Balaban J connectivity index is 1.85. The van der Waals surface area contributed by atoms with Crippen LogP contribution < -0.4 is 4.74 Å². The third-order valence-electron chi connectivity index (χ3n) is 3.40. The molecule has 1 aromatic rings. The molecule has 4 nitrogen and oxygen atoms in total. The molecule has 1 heterocycles. The van der Waals surface area contributed by atoms with Crippen LogP contribution in [0.4, 0.5) is 4.79 Å². The minimum absolute atomic E-state index is 0.238. The molecule has 0 atom stereocenters. The van der Waals surface area contributed by atoms with Crippen LogP contribution in [0.3, 0.4) is 0 Å². The number of rotatable bonds is 2. The van der Waals surface area contributed by atoms with Crippen LogP contribution in [0.15, 0.2) is 30.3 Å². The molecule has 4 heteroatoms. The van der Waals surface area contributed by atoms with E-state index in [9.17, 15) is 4.79 Å². The van der Waals surface area contributed by atoms with Crippen molar-refractivity contribution < 1.29 is 9.53 Å². The minimum atomic E-state index is -0.238. The van der Waals surface area contributed by atoms with Crippen LogP contribution in [-0.4, -0.2) is 49.1 Å². The van der Waals surface area contributed by atoms with Gasteiger partial charge in [-0.1, -0.05) is 18.2 Å². The molecule has 1 aliphatic rings. The summed E-state index contributed by atoms with van der Waals surface area (Å²) in [6.45, 7) is 1.54. The summed E-state index contributed by atoms with van der Waals surface area (Å²) in [6.07, 6.45) is 1.78. The number of likely N-dealkylation sites (tertiary alicyclic amines) is 1. The molecule has 1 aliphatic heterocycles. The van der Waals surface area contributed by atoms with Gasteiger partial charge in [-0.2, -0.15) is 0 Å². The Morgan fingerprint density at radius 1 is 1.22 bits per heavy atom. The number of nitrogens with zero attached hydrogens (tertiary/aromatic N) is 2. The highest BCUT2D eigenvalue weighted by Gasteiger charge is 2.24. The van der Waals surface area contributed by atoms with Crippen molar-refractivity contribution in [2.75, 3.05) is 27.2 Å². The zero-order chi connectivity index (χ0) is 13.0. The van der Waals surface area contributed by atoms with Crippen LogP contribution in [-0.2, 0) is 0 Å². The van der Waals surface area contributed by atoms with E-state index in [4.69, 9.17) is 4.74 Å². The summed E-state index contributed by atoms with van der Waals surface area (Å²) in [7, 11) is 4.17. The van der Waals surface area contributed by atoms with E-state index in [1.54, 1.807) is 17.0 Å². The molecule has 0 aliphatic carbocycles. The maximum atomic E-state index is 11.9. The fourth-order valence-electron chi connectivity index (χ4n) is 2.22. The van der Waals surface area contributed by atoms with E-state index in [0.29, 0.717) is 11.8 Å². The number of amides is 1. The molecule has 0 bridgehead atoms. The van der Waals surface area contributed by atoms with Gasteiger partial charge in [0.2, 0.25) is 0 Å². The lowest BCUT2D eigenvalue weighted by Gasteiger charge is -2.34. The van der Waals surface area contributed by atoms with E-state index < -0.39 is 0 Å². The first-order chi connectivity index (χ1) is 8.66. The fraction of sp³-hybridized carbons (Fsp3) is 0.500. The van der Waals surface area contributed by atoms with Gasteiger partial charge in [0.05, 0.1) is 0 Å². The Morgan fingerprint density at radius 3 is 2.39 bits per heavy atom. The Morgan fingerprint density at radius 2 is 1.83 bits per heavy atom. The van der Waals surface area contributed by atoms with E-state index in [0.717, 1.165) is 25.9 Å². The molecular weight excluding hydrogens is 228 g/mol. The number of hydrogen-bond donors (Lipinski definition) is 0. The van der Waals surface area contributed by atoms with Crippen molar-refractivity contribution in [1.82, 2.24) is 9.80 Å². The Kier molecular flexibility index (Phi) is 4.20. The quantitative estimate of drug-likeness (QED) is 0.804. The SMILES string of the molecule is CN(C)C1CCN(C(=O)Oc2ccccc2)CC1. The van der Waals surface area contributed by atoms with Gasteiger partial charge < -0.3 is 14.5 Å². The third-order valence-corrected chi connectivity index (χ3v) is 3.40. The Labute approximate surface area is 108 Å². The number of carbonyl (C=O) groups is 1. The molecule has 1 saturated heterocycles. The van der Waals surface area contributed by atoms with E-state index >= 15 is 0 Å². The maximum absolute atomic E-state index is 11.9. The predicted molar refractivity (Wildman–Crippen MR) is 70.7 cm³/mol. The Bertz CT molecular complexity index is 384. The van der Waals surface area contributed by atoms with Crippen LogP contribution in [0.5, 0.6) is 5.75 Å². The standard InChI is InChI=1S/C14H20N2O2/c1-15(2)12-8-10-16(11-9-12)14(17)18-13-6-4-3-5-7-13/h3-7,12H,8-11H2,1-2H3. The second kappa shape index (κ2) is 5.87. The number of para-hydroxylation sites is 1. The van der Waals surface area contributed by atoms with Gasteiger partial charge in [-0.25, -0.2) is 4.79 Å². The lowest BCUT2D eigenvalue weighted by molar-refractivity contribution is 0.118. The van der Waals surface area contributed by atoms with Gasteiger partial charge in [0, 0.05) is 19.1 Å². The monoisotopic (exact) mass is 248 g/mol. The molecule has 0 unspecified atom stereocenters. The van der Waals surface area contributed by atoms with Crippen molar-refractivity contribution in [3.8, 4) is 5.75 Å². The molecule has 1 amide bonds. The molecule has 1 aromatic carbocycles. The van der Waals surface area contributed by atoms with Gasteiger partial charge in [-0.15, -0.1) is 0 Å². The first kappa shape index (κ1) is 12.9. The summed E-state index contributed by atoms with van der Waals surface area (Å²) in [5.41, 5.74) is 0. The first-order valence-electron chi connectivity index (χ1n) is 6.35. The molecule has 0 spiro atoms. The highest BCUT2D eigenvalue weighted by Crippen LogP contribution is 2.16. The molecule has 0 N–H and O–H groups in total. The number of hydrogen-bond acceptors (Lipinski definition) is 3. The molecule has 2 rings (SSSR count). The van der Waals surface area contributed by atoms with Gasteiger partial charge in [-0.3, -0.25) is 0 Å². The average Bonchev–Trinajstić information content (AvgIpc) is 2.40. The lowest BCUT2D eigenvalue weighted by Crippen LogP contribution is -2.45. The van der Waals surface area contributed by atoms with Crippen molar-refractivity contribution in [2.45, 2.75) is 18.9 Å². The molecule has 18 heavy (non-hydrogen) atoms. The smallest absolute Gasteiger partial charge is 0.410 e. The van der Waals surface area contributed by atoms with E-state index in [2.05, 4.69) is 19.0 Å². The van der Waals surface area contributed by atoms with Crippen molar-refractivity contribution >= 4 is 6.09 Å². The van der Waals surface area contributed by atoms with E-state index in [-0.39, 0.29) is 6.09 Å². The largest absolute Gasteiger partial charge is 0.415 e. The lowest BCUT2D eigenvalue weighted by atomic mass is 10.0. The van der Waals surface area contributed by atoms with Crippen LogP contribution in [0, 0.1) is 0 Å². The average molecular weight is 248 g/mol. The second-order valence-corrected chi connectivity index (χ2v) is 4.86. The van der Waals surface area contributed by atoms with Gasteiger partial charge in [0.25, 0.3) is 0 Å². The summed E-state index contributed by atoms with van der Waals surface area (Å²) >= 11 is 0. The summed E-state index contributed by atoms with van der Waals surface area (Å²) < 4.78 is 5.32. The fourth-order valence-corrected chi connectivity index (χ4v) is 2.22. The summed E-state index contributed by atoms with van der Waals surface area (Å²) in [5, 5.41) is 0.